The molecule has 0 aliphatic heterocycles. The van der Waals surface area contributed by atoms with Gasteiger partial charge in [0.25, 0.3) is 5.69 Å². The van der Waals surface area contributed by atoms with Gasteiger partial charge in [0.2, 0.25) is 5.91 Å². The largest absolute Gasteiger partial charge is 0.324 e. The molecule has 10 heteroatoms. The minimum atomic E-state index is -0.540. The number of halogens is 1. The molecule has 1 heterocycles. The number of non-ortho nitro benzene ring substituents is 1. The monoisotopic (exact) mass is 445 g/mol. The standard InChI is InChI=1S/C20H20ClN5O3S/c1-2-25-18(11-8-14-6-4-3-5-7-14)23-24-20(25)30-13-19(27)22-17-12-15(26(28)29)9-10-16(17)21/h3-7,9-10,12H,2,8,11,13H2,1H3,(H,22,27). The van der Waals surface area contributed by atoms with Crippen molar-refractivity contribution in [1.29, 1.82) is 0 Å². The van der Waals surface area contributed by atoms with Crippen LogP contribution in [0, 0.1) is 10.1 Å². The summed E-state index contributed by atoms with van der Waals surface area (Å²) in [4.78, 5) is 22.7. The maximum absolute atomic E-state index is 12.3. The fourth-order valence-corrected chi connectivity index (χ4v) is 3.85. The summed E-state index contributed by atoms with van der Waals surface area (Å²) in [6.07, 6.45) is 1.61. The van der Waals surface area contributed by atoms with E-state index in [9.17, 15) is 14.9 Å². The molecule has 1 aromatic heterocycles. The van der Waals surface area contributed by atoms with Gasteiger partial charge < -0.3 is 9.88 Å². The lowest BCUT2D eigenvalue weighted by Crippen LogP contribution is -2.15. The van der Waals surface area contributed by atoms with Gasteiger partial charge in [-0.15, -0.1) is 10.2 Å². The van der Waals surface area contributed by atoms with E-state index in [1.54, 1.807) is 0 Å². The highest BCUT2D eigenvalue weighted by Crippen LogP contribution is 2.27. The van der Waals surface area contributed by atoms with Crippen molar-refractivity contribution in [2.75, 3.05) is 11.1 Å². The first-order chi connectivity index (χ1) is 14.5. The van der Waals surface area contributed by atoms with Gasteiger partial charge in [0.15, 0.2) is 5.16 Å². The number of nitrogens with zero attached hydrogens (tertiary/aromatic N) is 4. The van der Waals surface area contributed by atoms with E-state index in [-0.39, 0.29) is 28.1 Å². The molecular weight excluding hydrogens is 426 g/mol. The molecule has 0 bridgehead atoms. The molecule has 0 fully saturated rings. The van der Waals surface area contributed by atoms with Gasteiger partial charge in [-0.3, -0.25) is 14.9 Å². The summed E-state index contributed by atoms with van der Waals surface area (Å²) in [5.41, 5.74) is 1.29. The molecule has 8 nitrogen and oxygen atoms in total. The van der Waals surface area contributed by atoms with Gasteiger partial charge in [0, 0.05) is 25.1 Å². The SMILES string of the molecule is CCn1c(CCc2ccccc2)nnc1SCC(=O)Nc1cc([N+](=O)[O-])ccc1Cl. The van der Waals surface area contributed by atoms with Crippen LogP contribution in [0.5, 0.6) is 0 Å². The maximum Gasteiger partial charge on any atom is 0.271 e. The third-order valence-corrected chi connectivity index (χ3v) is 5.65. The number of thioether (sulfide) groups is 1. The van der Waals surface area contributed by atoms with Gasteiger partial charge in [-0.25, -0.2) is 0 Å². The highest BCUT2D eigenvalue weighted by molar-refractivity contribution is 7.99. The van der Waals surface area contributed by atoms with Gasteiger partial charge in [0.05, 0.1) is 21.4 Å². The van der Waals surface area contributed by atoms with Crippen molar-refractivity contribution in [3.63, 3.8) is 0 Å². The highest BCUT2D eigenvalue weighted by atomic mass is 35.5. The molecule has 1 amide bonds. The summed E-state index contributed by atoms with van der Waals surface area (Å²) in [6.45, 7) is 2.69. The fraction of sp³-hybridized carbons (Fsp3) is 0.250. The van der Waals surface area contributed by atoms with Crippen LogP contribution in [0.25, 0.3) is 0 Å². The number of hydrogen-bond acceptors (Lipinski definition) is 6. The molecule has 0 saturated carbocycles. The van der Waals surface area contributed by atoms with E-state index in [1.807, 2.05) is 29.7 Å². The number of carbonyl (C=O) groups is 1. The molecule has 1 N–H and O–H groups in total. The van der Waals surface area contributed by atoms with Crippen molar-refractivity contribution in [3.05, 3.63) is 75.1 Å². The predicted molar refractivity (Wildman–Crippen MR) is 117 cm³/mol. The molecule has 0 aliphatic carbocycles. The first-order valence-electron chi connectivity index (χ1n) is 9.30. The number of carbonyl (C=O) groups excluding carboxylic acids is 1. The molecule has 3 rings (SSSR count). The van der Waals surface area contributed by atoms with Crippen LogP contribution in [-0.4, -0.2) is 31.3 Å². The Morgan fingerprint density at radius 2 is 1.97 bits per heavy atom. The summed E-state index contributed by atoms with van der Waals surface area (Å²) < 4.78 is 1.99. The molecule has 0 aliphatic rings. The lowest BCUT2D eigenvalue weighted by atomic mass is 10.1. The average Bonchev–Trinajstić information content (AvgIpc) is 3.14. The predicted octanol–water partition coefficient (Wildman–Crippen LogP) is 4.38. The Labute approximate surface area is 182 Å². The van der Waals surface area contributed by atoms with Crippen LogP contribution in [0.15, 0.2) is 53.7 Å². The Morgan fingerprint density at radius 3 is 2.67 bits per heavy atom. The molecule has 30 heavy (non-hydrogen) atoms. The van der Waals surface area contributed by atoms with Crippen molar-refractivity contribution in [2.45, 2.75) is 31.5 Å². The summed E-state index contributed by atoms with van der Waals surface area (Å²) in [5, 5.41) is 22.9. The molecule has 0 saturated heterocycles. The molecule has 0 atom stereocenters. The zero-order valence-electron chi connectivity index (χ0n) is 16.2. The number of aryl methyl sites for hydroxylation is 2. The Kier molecular flexibility index (Phi) is 7.42. The minimum Gasteiger partial charge on any atom is -0.324 e. The van der Waals surface area contributed by atoms with Crippen LogP contribution in [0.1, 0.15) is 18.3 Å². The fourth-order valence-electron chi connectivity index (χ4n) is 2.87. The summed E-state index contributed by atoms with van der Waals surface area (Å²) in [5.74, 6) is 0.611. The molecule has 2 aromatic carbocycles. The van der Waals surface area contributed by atoms with Gasteiger partial charge >= 0.3 is 0 Å². The van der Waals surface area contributed by atoms with E-state index in [1.165, 1.54) is 35.5 Å². The van der Waals surface area contributed by atoms with E-state index in [0.717, 1.165) is 18.7 Å². The Hall–Kier alpha value is -2.91. The number of anilines is 1. The van der Waals surface area contributed by atoms with Gasteiger partial charge in [-0.1, -0.05) is 53.7 Å². The molecule has 3 aromatic rings. The summed E-state index contributed by atoms with van der Waals surface area (Å²) in [7, 11) is 0. The lowest BCUT2D eigenvalue weighted by Gasteiger charge is -2.09. The smallest absolute Gasteiger partial charge is 0.271 e. The Morgan fingerprint density at radius 1 is 1.20 bits per heavy atom. The van der Waals surface area contributed by atoms with E-state index in [2.05, 4.69) is 27.6 Å². The second kappa shape index (κ2) is 10.2. The van der Waals surface area contributed by atoms with E-state index in [4.69, 9.17) is 11.6 Å². The average molecular weight is 446 g/mol. The van der Waals surface area contributed by atoms with Crippen molar-refractivity contribution in [3.8, 4) is 0 Å². The van der Waals surface area contributed by atoms with E-state index >= 15 is 0 Å². The summed E-state index contributed by atoms with van der Waals surface area (Å²) in [6, 6.07) is 14.1. The lowest BCUT2D eigenvalue weighted by molar-refractivity contribution is -0.384. The number of nitrogens with one attached hydrogen (secondary N) is 1. The second-order valence-corrected chi connectivity index (χ2v) is 7.74. The van der Waals surface area contributed by atoms with Crippen molar-refractivity contribution in [1.82, 2.24) is 14.8 Å². The van der Waals surface area contributed by atoms with E-state index < -0.39 is 4.92 Å². The third-order valence-electron chi connectivity index (χ3n) is 4.36. The van der Waals surface area contributed by atoms with Crippen LogP contribution in [-0.2, 0) is 24.2 Å². The molecule has 0 radical (unpaired) electrons. The van der Waals surface area contributed by atoms with Crippen LogP contribution in [0.2, 0.25) is 5.02 Å². The van der Waals surface area contributed by atoms with Crippen molar-refractivity contribution < 1.29 is 9.72 Å². The first-order valence-corrected chi connectivity index (χ1v) is 10.7. The topological polar surface area (TPSA) is 103 Å². The highest BCUT2D eigenvalue weighted by Gasteiger charge is 2.15. The van der Waals surface area contributed by atoms with Crippen LogP contribution in [0.3, 0.4) is 0 Å². The van der Waals surface area contributed by atoms with Crippen LogP contribution < -0.4 is 5.32 Å². The number of nitro benzene ring substituents is 1. The number of benzene rings is 2. The first kappa shape index (κ1) is 21.8. The molecule has 156 valence electrons. The van der Waals surface area contributed by atoms with Crippen LogP contribution in [0.4, 0.5) is 11.4 Å². The molecular formula is C20H20ClN5O3S. The van der Waals surface area contributed by atoms with E-state index in [0.29, 0.717) is 11.7 Å². The van der Waals surface area contributed by atoms with Crippen molar-refractivity contribution in [2.24, 2.45) is 0 Å². The Balaban J connectivity index is 1.60. The second-order valence-electron chi connectivity index (χ2n) is 6.39. The minimum absolute atomic E-state index is 0.0792. The maximum atomic E-state index is 12.3. The molecule has 0 spiro atoms. The number of nitro groups is 1. The number of rotatable bonds is 9. The van der Waals surface area contributed by atoms with Gasteiger partial charge in [-0.05, 0) is 25.0 Å². The van der Waals surface area contributed by atoms with Crippen LogP contribution >= 0.6 is 23.4 Å². The Bertz CT molecular complexity index is 1040. The zero-order chi connectivity index (χ0) is 21.5. The third kappa shape index (κ3) is 5.58. The quantitative estimate of drug-likeness (QED) is 0.298. The normalized spacial score (nSPS) is 10.7. The summed E-state index contributed by atoms with van der Waals surface area (Å²) >= 11 is 7.29. The zero-order valence-corrected chi connectivity index (χ0v) is 17.8. The number of hydrogen-bond donors (Lipinski definition) is 1. The number of amides is 1. The molecule has 0 unspecified atom stereocenters. The van der Waals surface area contributed by atoms with Gasteiger partial charge in [-0.2, -0.15) is 0 Å². The van der Waals surface area contributed by atoms with Crippen molar-refractivity contribution >= 4 is 40.6 Å². The van der Waals surface area contributed by atoms with Gasteiger partial charge in [0.1, 0.15) is 5.82 Å². The number of aromatic nitrogens is 3.